The number of nitrogens with zero attached hydrogens (tertiary/aromatic N) is 1. The maximum absolute atomic E-state index is 12.4. The molecule has 0 spiro atoms. The maximum atomic E-state index is 12.4. The number of ether oxygens (including phenoxy) is 1. The van der Waals surface area contributed by atoms with E-state index in [1.54, 1.807) is 4.90 Å². The summed E-state index contributed by atoms with van der Waals surface area (Å²) >= 11 is 0. The van der Waals surface area contributed by atoms with E-state index >= 15 is 0 Å². The standard InChI is InChI=1S/C15H26N2O4/c1-3-6-15(13(18)19)7-4-8-17(10-15)14(20)16-12-5-9-21-11(12)2/h11-12H,3-10H2,1-2H3,(H,16,20)(H,18,19). The van der Waals surface area contributed by atoms with Crippen LogP contribution in [0.25, 0.3) is 0 Å². The highest BCUT2D eigenvalue weighted by atomic mass is 16.5. The van der Waals surface area contributed by atoms with E-state index in [1.807, 2.05) is 13.8 Å². The van der Waals surface area contributed by atoms with Crippen molar-refractivity contribution in [3.05, 3.63) is 0 Å². The third-order valence-electron chi connectivity index (χ3n) is 4.73. The summed E-state index contributed by atoms with van der Waals surface area (Å²) in [6.45, 7) is 5.55. The van der Waals surface area contributed by atoms with Gasteiger partial charge in [0.05, 0.1) is 17.6 Å². The van der Waals surface area contributed by atoms with Crippen molar-refractivity contribution in [2.45, 2.75) is 58.1 Å². The van der Waals surface area contributed by atoms with E-state index in [0.717, 1.165) is 19.3 Å². The summed E-state index contributed by atoms with van der Waals surface area (Å²) in [5.41, 5.74) is -0.776. The molecule has 2 aliphatic rings. The summed E-state index contributed by atoms with van der Waals surface area (Å²) in [7, 11) is 0. The third-order valence-corrected chi connectivity index (χ3v) is 4.73. The molecule has 6 nitrogen and oxygen atoms in total. The number of piperidine rings is 1. The minimum Gasteiger partial charge on any atom is -0.481 e. The lowest BCUT2D eigenvalue weighted by Crippen LogP contribution is -2.54. The van der Waals surface area contributed by atoms with Crippen molar-refractivity contribution < 1.29 is 19.4 Å². The molecular formula is C15H26N2O4. The Kier molecular flexibility index (Phi) is 5.08. The van der Waals surface area contributed by atoms with Gasteiger partial charge in [0.2, 0.25) is 0 Å². The van der Waals surface area contributed by atoms with Crippen LogP contribution < -0.4 is 5.32 Å². The van der Waals surface area contributed by atoms with E-state index < -0.39 is 11.4 Å². The Labute approximate surface area is 125 Å². The summed E-state index contributed by atoms with van der Waals surface area (Å²) in [6, 6.07) is -0.122. The van der Waals surface area contributed by atoms with Gasteiger partial charge in [0.25, 0.3) is 0 Å². The van der Waals surface area contributed by atoms with Crippen molar-refractivity contribution in [1.82, 2.24) is 10.2 Å². The average molecular weight is 298 g/mol. The zero-order chi connectivity index (χ0) is 15.5. The first-order chi connectivity index (χ1) is 9.98. The SMILES string of the molecule is CCCC1(C(=O)O)CCCN(C(=O)NC2CCOC2C)C1. The molecule has 2 amide bonds. The molecule has 0 bridgehead atoms. The molecule has 0 aromatic carbocycles. The molecule has 0 radical (unpaired) electrons. The van der Waals surface area contributed by atoms with Crippen LogP contribution in [0, 0.1) is 5.41 Å². The highest BCUT2D eigenvalue weighted by Gasteiger charge is 2.43. The zero-order valence-corrected chi connectivity index (χ0v) is 12.9. The number of amides is 2. The van der Waals surface area contributed by atoms with Gasteiger partial charge in [0.15, 0.2) is 0 Å². The van der Waals surface area contributed by atoms with Gasteiger partial charge in [-0.25, -0.2) is 4.79 Å². The van der Waals surface area contributed by atoms with Crippen LogP contribution in [0.1, 0.15) is 46.0 Å². The average Bonchev–Trinajstić information content (AvgIpc) is 2.84. The van der Waals surface area contributed by atoms with Crippen LogP contribution in [0.15, 0.2) is 0 Å². The summed E-state index contributed by atoms with van der Waals surface area (Å²) in [4.78, 5) is 25.7. The van der Waals surface area contributed by atoms with E-state index in [2.05, 4.69) is 5.32 Å². The van der Waals surface area contributed by atoms with E-state index in [-0.39, 0.29) is 18.2 Å². The minimum absolute atomic E-state index is 0.0265. The Hall–Kier alpha value is -1.30. The number of rotatable bonds is 4. The van der Waals surface area contributed by atoms with Gasteiger partial charge in [0.1, 0.15) is 0 Å². The van der Waals surface area contributed by atoms with Crippen molar-refractivity contribution in [2.24, 2.45) is 5.41 Å². The number of hydrogen-bond donors (Lipinski definition) is 2. The maximum Gasteiger partial charge on any atom is 0.317 e. The predicted octanol–water partition coefficient (Wildman–Crippen LogP) is 1.84. The van der Waals surface area contributed by atoms with Crippen molar-refractivity contribution in [1.29, 1.82) is 0 Å². The molecule has 0 saturated carbocycles. The number of urea groups is 1. The Balaban J connectivity index is 1.99. The lowest BCUT2D eigenvalue weighted by atomic mass is 9.76. The van der Waals surface area contributed by atoms with Crippen LogP contribution in [0.3, 0.4) is 0 Å². The number of carboxylic acid groups (broad SMARTS) is 1. The lowest BCUT2D eigenvalue weighted by molar-refractivity contribution is -0.152. The first-order valence-electron chi connectivity index (χ1n) is 7.89. The van der Waals surface area contributed by atoms with E-state index in [1.165, 1.54) is 0 Å². The molecule has 0 aromatic rings. The van der Waals surface area contributed by atoms with Crippen LogP contribution in [0.5, 0.6) is 0 Å². The molecule has 2 N–H and O–H groups in total. The van der Waals surface area contributed by atoms with Crippen LogP contribution >= 0.6 is 0 Å². The molecule has 3 unspecified atom stereocenters. The Morgan fingerprint density at radius 3 is 2.81 bits per heavy atom. The summed E-state index contributed by atoms with van der Waals surface area (Å²) in [6.07, 6.45) is 3.68. The second-order valence-corrected chi connectivity index (χ2v) is 6.28. The van der Waals surface area contributed by atoms with Gasteiger partial charge in [-0.05, 0) is 32.6 Å². The molecule has 21 heavy (non-hydrogen) atoms. The third kappa shape index (κ3) is 3.48. The Bertz CT molecular complexity index is 397. The van der Waals surface area contributed by atoms with Gasteiger partial charge in [-0.2, -0.15) is 0 Å². The second kappa shape index (κ2) is 6.64. The van der Waals surface area contributed by atoms with Crippen molar-refractivity contribution in [3.63, 3.8) is 0 Å². The Morgan fingerprint density at radius 1 is 1.48 bits per heavy atom. The zero-order valence-electron chi connectivity index (χ0n) is 12.9. The fraction of sp³-hybridized carbons (Fsp3) is 0.867. The number of carboxylic acids is 1. The smallest absolute Gasteiger partial charge is 0.317 e. The highest BCUT2D eigenvalue weighted by Crippen LogP contribution is 2.35. The molecule has 0 aromatic heterocycles. The molecule has 2 heterocycles. The van der Waals surface area contributed by atoms with Gasteiger partial charge in [-0.15, -0.1) is 0 Å². The van der Waals surface area contributed by atoms with Crippen molar-refractivity contribution in [3.8, 4) is 0 Å². The number of hydrogen-bond acceptors (Lipinski definition) is 3. The van der Waals surface area contributed by atoms with Gasteiger partial charge < -0.3 is 20.1 Å². The van der Waals surface area contributed by atoms with Crippen LogP contribution in [-0.4, -0.2) is 53.8 Å². The van der Waals surface area contributed by atoms with Gasteiger partial charge in [0, 0.05) is 19.7 Å². The largest absolute Gasteiger partial charge is 0.481 e. The first-order valence-corrected chi connectivity index (χ1v) is 7.89. The van der Waals surface area contributed by atoms with E-state index in [0.29, 0.717) is 32.5 Å². The molecule has 6 heteroatoms. The second-order valence-electron chi connectivity index (χ2n) is 6.28. The number of carbonyl (C=O) groups is 2. The normalized spacial score (nSPS) is 33.0. The summed E-state index contributed by atoms with van der Waals surface area (Å²) < 4.78 is 5.44. The number of aliphatic carboxylic acids is 1. The van der Waals surface area contributed by atoms with Gasteiger partial charge >= 0.3 is 12.0 Å². The van der Waals surface area contributed by atoms with Crippen LogP contribution in [-0.2, 0) is 9.53 Å². The van der Waals surface area contributed by atoms with Crippen molar-refractivity contribution >= 4 is 12.0 Å². The molecule has 2 rings (SSSR count). The molecule has 2 fully saturated rings. The Morgan fingerprint density at radius 2 is 2.24 bits per heavy atom. The summed E-state index contributed by atoms with van der Waals surface area (Å²) in [5.74, 6) is -0.778. The highest BCUT2D eigenvalue weighted by molar-refractivity contribution is 5.79. The number of nitrogens with one attached hydrogen (secondary N) is 1. The molecular weight excluding hydrogens is 272 g/mol. The molecule has 2 aliphatic heterocycles. The quantitative estimate of drug-likeness (QED) is 0.830. The summed E-state index contributed by atoms with van der Waals surface area (Å²) in [5, 5.41) is 12.6. The topological polar surface area (TPSA) is 78.9 Å². The van der Waals surface area contributed by atoms with Crippen LogP contribution in [0.2, 0.25) is 0 Å². The molecule has 0 aliphatic carbocycles. The number of carbonyl (C=O) groups excluding carboxylic acids is 1. The monoisotopic (exact) mass is 298 g/mol. The fourth-order valence-electron chi connectivity index (χ4n) is 3.44. The van der Waals surface area contributed by atoms with Crippen molar-refractivity contribution in [2.75, 3.05) is 19.7 Å². The van der Waals surface area contributed by atoms with E-state index in [4.69, 9.17) is 4.74 Å². The lowest BCUT2D eigenvalue weighted by Gasteiger charge is -2.40. The molecule has 3 atom stereocenters. The predicted molar refractivity (Wildman–Crippen MR) is 78.1 cm³/mol. The van der Waals surface area contributed by atoms with Gasteiger partial charge in [-0.1, -0.05) is 13.3 Å². The number of likely N-dealkylation sites (tertiary alicyclic amines) is 1. The van der Waals surface area contributed by atoms with E-state index in [9.17, 15) is 14.7 Å². The first kappa shape index (κ1) is 16.1. The fourth-order valence-corrected chi connectivity index (χ4v) is 3.44. The van der Waals surface area contributed by atoms with Gasteiger partial charge in [-0.3, -0.25) is 4.79 Å². The minimum atomic E-state index is -0.778. The molecule has 2 saturated heterocycles. The van der Waals surface area contributed by atoms with Crippen LogP contribution in [0.4, 0.5) is 4.79 Å². The molecule has 120 valence electrons.